The van der Waals surface area contributed by atoms with Gasteiger partial charge in [-0.15, -0.1) is 0 Å². The molecule has 4 saturated carbocycles. The van der Waals surface area contributed by atoms with Gasteiger partial charge in [-0.1, -0.05) is 11.6 Å². The van der Waals surface area contributed by atoms with Crippen molar-refractivity contribution in [3.63, 3.8) is 0 Å². The van der Waals surface area contributed by atoms with Gasteiger partial charge >= 0.3 is 0 Å². The Balaban J connectivity index is 1.40. The first-order valence-corrected chi connectivity index (χ1v) is 11.6. The van der Waals surface area contributed by atoms with E-state index in [9.17, 15) is 4.79 Å². The summed E-state index contributed by atoms with van der Waals surface area (Å²) >= 11 is 6.57. The van der Waals surface area contributed by atoms with Crippen molar-refractivity contribution in [1.82, 2.24) is 5.32 Å². The van der Waals surface area contributed by atoms with E-state index in [4.69, 9.17) is 11.6 Å². The molecule has 154 valence electrons. The fourth-order valence-corrected chi connectivity index (χ4v) is 8.41. The molecule has 2 atom stereocenters. The number of halogens is 1. The highest BCUT2D eigenvalue weighted by molar-refractivity contribution is 6.33. The van der Waals surface area contributed by atoms with Crippen LogP contribution < -0.4 is 10.2 Å². The molecule has 29 heavy (non-hydrogen) atoms. The van der Waals surface area contributed by atoms with Gasteiger partial charge in [0, 0.05) is 42.4 Å². The van der Waals surface area contributed by atoms with Crippen molar-refractivity contribution < 1.29 is 4.79 Å². The highest BCUT2D eigenvalue weighted by Gasteiger charge is 2.78. The summed E-state index contributed by atoms with van der Waals surface area (Å²) in [6.07, 6.45) is 9.10. The molecule has 4 aliphatic carbocycles. The zero-order valence-electron chi connectivity index (χ0n) is 17.9. The summed E-state index contributed by atoms with van der Waals surface area (Å²) in [6.45, 7) is 4.41. The summed E-state index contributed by atoms with van der Waals surface area (Å²) < 4.78 is 0. The van der Waals surface area contributed by atoms with Crippen molar-refractivity contribution in [2.45, 2.75) is 57.9 Å². The maximum Gasteiger partial charge on any atom is 0.163 e. The molecule has 0 radical (unpaired) electrons. The summed E-state index contributed by atoms with van der Waals surface area (Å²) in [6, 6.07) is 4.25. The van der Waals surface area contributed by atoms with E-state index < -0.39 is 0 Å². The Morgan fingerprint density at radius 2 is 1.86 bits per heavy atom. The van der Waals surface area contributed by atoms with Crippen LogP contribution in [0.3, 0.4) is 0 Å². The van der Waals surface area contributed by atoms with Gasteiger partial charge in [-0.25, -0.2) is 0 Å². The Hall–Kier alpha value is -1.48. The minimum absolute atomic E-state index is 0.0756. The maximum atomic E-state index is 13.7. The van der Waals surface area contributed by atoms with E-state index in [-0.39, 0.29) is 11.0 Å². The molecule has 1 aromatic rings. The second-order valence-corrected chi connectivity index (χ2v) is 11.9. The standard InChI is InChI=1S/C25H31ClN2O/c1-23(2)10-14-5-19(26)21(28(3)4)8-18(14)20(27-23)9-22(29)24-11-16-6-15-7-17(12-24)25(15,16)13-24/h5,8-9,15-17,27H,6-7,10-13H2,1-4H3/b20-9-. The molecule has 1 spiro atoms. The van der Waals surface area contributed by atoms with Gasteiger partial charge < -0.3 is 10.2 Å². The van der Waals surface area contributed by atoms with Crippen LogP contribution in [0.4, 0.5) is 5.69 Å². The first-order valence-electron chi connectivity index (χ1n) is 11.2. The lowest BCUT2D eigenvalue weighted by atomic mass is 9.38. The van der Waals surface area contributed by atoms with Crippen LogP contribution in [0, 0.1) is 28.6 Å². The fourth-order valence-electron chi connectivity index (χ4n) is 8.06. The molecule has 0 saturated heterocycles. The Morgan fingerprint density at radius 3 is 2.45 bits per heavy atom. The van der Waals surface area contributed by atoms with Crippen molar-refractivity contribution in [2.75, 3.05) is 19.0 Å². The largest absolute Gasteiger partial charge is 0.379 e. The molecule has 2 bridgehead atoms. The van der Waals surface area contributed by atoms with Crippen molar-refractivity contribution in [3.8, 4) is 0 Å². The number of fused-ring (bicyclic) bond motifs is 2. The molecule has 4 heteroatoms. The average molecular weight is 411 g/mol. The summed E-state index contributed by atoms with van der Waals surface area (Å²) in [7, 11) is 4.03. The molecule has 0 amide bonds. The number of nitrogens with one attached hydrogen (secondary N) is 1. The average Bonchev–Trinajstić information content (AvgIpc) is 3.08. The van der Waals surface area contributed by atoms with Gasteiger partial charge in [0.05, 0.1) is 10.7 Å². The summed E-state index contributed by atoms with van der Waals surface area (Å²) in [4.78, 5) is 15.8. The number of carbonyl (C=O) groups is 1. The third-order valence-corrected chi connectivity index (χ3v) is 9.49. The molecular formula is C25H31ClN2O. The van der Waals surface area contributed by atoms with Crippen LogP contribution in [-0.2, 0) is 11.2 Å². The number of hydrogen-bond donors (Lipinski definition) is 1. The van der Waals surface area contributed by atoms with Crippen molar-refractivity contribution in [2.24, 2.45) is 28.6 Å². The molecular weight excluding hydrogens is 380 g/mol. The van der Waals surface area contributed by atoms with Gasteiger partial charge in [0.25, 0.3) is 0 Å². The summed E-state index contributed by atoms with van der Waals surface area (Å²) in [5, 5.41) is 4.46. The van der Waals surface area contributed by atoms with Gasteiger partial charge in [-0.05, 0) is 93.2 Å². The molecule has 3 nitrogen and oxygen atoms in total. The molecule has 1 N–H and O–H groups in total. The zero-order chi connectivity index (χ0) is 20.3. The van der Waals surface area contributed by atoms with Crippen molar-refractivity contribution >= 4 is 28.8 Å². The topological polar surface area (TPSA) is 32.3 Å². The molecule has 4 fully saturated rings. The fraction of sp³-hybridized carbons (Fsp3) is 0.640. The van der Waals surface area contributed by atoms with Crippen LogP contribution in [0.15, 0.2) is 18.2 Å². The highest BCUT2D eigenvalue weighted by atomic mass is 35.5. The number of nitrogens with zero attached hydrogens (tertiary/aromatic N) is 1. The lowest BCUT2D eigenvalue weighted by Gasteiger charge is -2.66. The Bertz CT molecular complexity index is 959. The first-order chi connectivity index (χ1) is 13.6. The van der Waals surface area contributed by atoms with E-state index in [2.05, 4.69) is 31.3 Å². The smallest absolute Gasteiger partial charge is 0.163 e. The van der Waals surface area contributed by atoms with Gasteiger partial charge in [0.2, 0.25) is 0 Å². The lowest BCUT2D eigenvalue weighted by molar-refractivity contribution is -0.177. The number of anilines is 1. The molecule has 1 heterocycles. The maximum absolute atomic E-state index is 13.7. The van der Waals surface area contributed by atoms with Crippen LogP contribution in [0.25, 0.3) is 5.70 Å². The molecule has 1 aliphatic heterocycles. The van der Waals surface area contributed by atoms with Gasteiger partial charge in [-0.2, -0.15) is 0 Å². The number of ketones is 1. The van der Waals surface area contributed by atoms with Crippen molar-refractivity contribution in [1.29, 1.82) is 0 Å². The highest BCUT2D eigenvalue weighted by Crippen LogP contribution is 2.84. The number of hydrogen-bond acceptors (Lipinski definition) is 3. The zero-order valence-corrected chi connectivity index (χ0v) is 18.7. The second kappa shape index (κ2) is 5.41. The number of rotatable bonds is 3. The van der Waals surface area contributed by atoms with E-state index in [1.807, 2.05) is 25.1 Å². The van der Waals surface area contributed by atoms with Gasteiger partial charge in [0.1, 0.15) is 0 Å². The quantitative estimate of drug-likeness (QED) is 0.706. The Labute approximate surface area is 178 Å². The number of allylic oxidation sites excluding steroid dienone is 1. The van der Waals surface area contributed by atoms with Gasteiger partial charge in [-0.3, -0.25) is 4.79 Å². The lowest BCUT2D eigenvalue weighted by Crippen LogP contribution is -2.59. The van der Waals surface area contributed by atoms with E-state index >= 15 is 0 Å². The Morgan fingerprint density at radius 1 is 1.17 bits per heavy atom. The van der Waals surface area contributed by atoms with Crippen LogP contribution >= 0.6 is 11.6 Å². The van der Waals surface area contributed by atoms with E-state index in [0.29, 0.717) is 11.2 Å². The first kappa shape index (κ1) is 18.3. The normalized spacial score (nSPS) is 41.1. The van der Waals surface area contributed by atoms with E-state index in [1.54, 1.807) is 0 Å². The molecule has 6 rings (SSSR count). The third kappa shape index (κ3) is 2.23. The van der Waals surface area contributed by atoms with E-state index in [0.717, 1.165) is 59.0 Å². The van der Waals surface area contributed by atoms with Crippen LogP contribution in [0.2, 0.25) is 5.02 Å². The van der Waals surface area contributed by atoms with Crippen LogP contribution in [-0.4, -0.2) is 25.4 Å². The minimum atomic E-state index is -0.0903. The molecule has 0 aromatic heterocycles. The number of benzene rings is 1. The Kier molecular flexibility index (Phi) is 3.41. The third-order valence-electron chi connectivity index (χ3n) is 9.19. The summed E-state index contributed by atoms with van der Waals surface area (Å²) in [5.41, 5.74) is 4.78. The monoisotopic (exact) mass is 410 g/mol. The SMILES string of the molecule is CN(C)c1cc2c(cc1Cl)CC(C)(C)N/C2=C\C(=O)C12CC3CC4CC(C1)C43C2. The van der Waals surface area contributed by atoms with Crippen LogP contribution in [0.5, 0.6) is 0 Å². The molecule has 2 unspecified atom stereocenters. The van der Waals surface area contributed by atoms with Crippen LogP contribution in [0.1, 0.15) is 57.1 Å². The molecule has 5 aliphatic rings. The van der Waals surface area contributed by atoms with Gasteiger partial charge in [0.15, 0.2) is 5.78 Å². The summed E-state index contributed by atoms with van der Waals surface area (Å²) in [5.74, 6) is 3.00. The minimum Gasteiger partial charge on any atom is -0.379 e. The second-order valence-electron chi connectivity index (χ2n) is 11.5. The van der Waals surface area contributed by atoms with E-state index in [1.165, 1.54) is 24.8 Å². The predicted octanol–water partition coefficient (Wildman–Crippen LogP) is 5.07. The predicted molar refractivity (Wildman–Crippen MR) is 118 cm³/mol. The number of carbonyl (C=O) groups excluding carboxylic acids is 1. The molecule has 1 aromatic carbocycles. The van der Waals surface area contributed by atoms with Crippen molar-refractivity contribution in [3.05, 3.63) is 34.4 Å².